The first-order valence-electron chi connectivity index (χ1n) is 5.90. The van der Waals surface area contributed by atoms with E-state index >= 15 is 0 Å². The van der Waals surface area contributed by atoms with Crippen LogP contribution < -0.4 is 0 Å². The largest absolute Gasteiger partial charge is 0.280 e. The monoisotopic (exact) mass is 275 g/mol. The van der Waals surface area contributed by atoms with Crippen LogP contribution in [0.4, 0.5) is 17.6 Å². The second-order valence-electron chi connectivity index (χ2n) is 4.24. The highest BCUT2D eigenvalue weighted by atomic mass is 19.3. The first kappa shape index (κ1) is 13.8. The fourth-order valence-electron chi connectivity index (χ4n) is 2.06. The van der Waals surface area contributed by atoms with Gasteiger partial charge in [0.05, 0.1) is 11.1 Å². The number of hydrogen-bond acceptors (Lipinski definition) is 2. The molecule has 0 aliphatic heterocycles. The zero-order valence-electron chi connectivity index (χ0n) is 10.5. The molecule has 0 bridgehead atoms. The molecular formula is C12H13F4N3. The summed E-state index contributed by atoms with van der Waals surface area (Å²) in [7, 11) is 0. The number of rotatable bonds is 4. The maximum absolute atomic E-state index is 13.0. The summed E-state index contributed by atoms with van der Waals surface area (Å²) < 4.78 is 52.9. The second kappa shape index (κ2) is 5.14. The van der Waals surface area contributed by atoms with Gasteiger partial charge in [-0.3, -0.25) is 0 Å². The van der Waals surface area contributed by atoms with Gasteiger partial charge in [-0.1, -0.05) is 6.92 Å². The van der Waals surface area contributed by atoms with Gasteiger partial charge >= 0.3 is 0 Å². The van der Waals surface area contributed by atoms with Gasteiger partial charge < -0.3 is 0 Å². The molecule has 19 heavy (non-hydrogen) atoms. The van der Waals surface area contributed by atoms with Gasteiger partial charge in [0.1, 0.15) is 5.69 Å². The number of pyridine rings is 1. The summed E-state index contributed by atoms with van der Waals surface area (Å²) in [5.41, 5.74) is -0.584. The van der Waals surface area contributed by atoms with Crippen molar-refractivity contribution in [2.45, 2.75) is 39.7 Å². The van der Waals surface area contributed by atoms with Crippen LogP contribution in [0.15, 0.2) is 6.07 Å². The summed E-state index contributed by atoms with van der Waals surface area (Å²) in [6.07, 6.45) is -5.01. The van der Waals surface area contributed by atoms with Gasteiger partial charge in [0, 0.05) is 12.1 Å². The van der Waals surface area contributed by atoms with Gasteiger partial charge in [0.15, 0.2) is 5.65 Å². The fourth-order valence-corrected chi connectivity index (χ4v) is 2.06. The second-order valence-corrected chi connectivity index (χ2v) is 4.24. The Labute approximate surface area is 107 Å². The van der Waals surface area contributed by atoms with E-state index in [1.54, 1.807) is 6.92 Å². The summed E-state index contributed by atoms with van der Waals surface area (Å²) in [6, 6.07) is 0.767. The molecule has 0 aromatic carbocycles. The first-order valence-corrected chi connectivity index (χ1v) is 5.90. The number of fused-ring (bicyclic) bond motifs is 1. The third kappa shape index (κ3) is 2.41. The summed E-state index contributed by atoms with van der Waals surface area (Å²) in [4.78, 5) is 3.77. The molecule has 7 heteroatoms. The van der Waals surface area contributed by atoms with Crippen molar-refractivity contribution in [2.24, 2.45) is 0 Å². The van der Waals surface area contributed by atoms with Crippen molar-refractivity contribution in [2.75, 3.05) is 0 Å². The number of nitrogens with zero attached hydrogens (tertiary/aromatic N) is 3. The van der Waals surface area contributed by atoms with E-state index in [1.807, 2.05) is 6.92 Å². The van der Waals surface area contributed by atoms with Crippen molar-refractivity contribution in [3.63, 3.8) is 0 Å². The molecule has 2 heterocycles. The molecule has 0 N–H and O–H groups in total. The van der Waals surface area contributed by atoms with Crippen LogP contribution in [0.1, 0.15) is 43.1 Å². The van der Waals surface area contributed by atoms with Crippen LogP contribution in [-0.2, 0) is 6.54 Å². The lowest BCUT2D eigenvalue weighted by atomic mass is 10.1. The fraction of sp³-hybridized carbons (Fsp3) is 0.500. The highest BCUT2D eigenvalue weighted by Gasteiger charge is 2.22. The summed E-state index contributed by atoms with van der Waals surface area (Å²) in [5, 5.41) is 4.27. The van der Waals surface area contributed by atoms with E-state index in [9.17, 15) is 17.6 Å². The van der Waals surface area contributed by atoms with Gasteiger partial charge in [0.25, 0.3) is 12.9 Å². The standard InChI is InChI=1S/C12H13F4N3/c1-3-4-19-12-9(6(2)18-19)7(10(13)14)5-8(17-12)11(15)16/h5,10-11H,3-4H2,1-2H3. The molecule has 0 atom stereocenters. The molecular weight excluding hydrogens is 262 g/mol. The maximum Gasteiger partial charge on any atom is 0.280 e. The number of aromatic nitrogens is 3. The molecule has 0 radical (unpaired) electrons. The van der Waals surface area contributed by atoms with Gasteiger partial charge in [0.2, 0.25) is 0 Å². The van der Waals surface area contributed by atoms with E-state index in [1.165, 1.54) is 4.68 Å². The first-order chi connectivity index (χ1) is 8.95. The predicted octanol–water partition coefficient (Wildman–Crippen LogP) is 4.02. The molecule has 0 saturated heterocycles. The predicted molar refractivity (Wildman–Crippen MR) is 62.5 cm³/mol. The summed E-state index contributed by atoms with van der Waals surface area (Å²) in [5.74, 6) is 0. The molecule has 0 fully saturated rings. The van der Waals surface area contributed by atoms with Crippen LogP contribution >= 0.6 is 0 Å². The van der Waals surface area contributed by atoms with Crippen LogP contribution in [0.5, 0.6) is 0 Å². The molecule has 0 amide bonds. The van der Waals surface area contributed by atoms with Crippen molar-refractivity contribution in [1.29, 1.82) is 0 Å². The third-order valence-corrected chi connectivity index (χ3v) is 2.82. The van der Waals surface area contributed by atoms with Crippen molar-refractivity contribution >= 4 is 11.0 Å². The lowest BCUT2D eigenvalue weighted by Gasteiger charge is -2.07. The molecule has 0 spiro atoms. The van der Waals surface area contributed by atoms with Gasteiger partial charge in [-0.05, 0) is 19.4 Å². The van der Waals surface area contributed by atoms with E-state index in [2.05, 4.69) is 10.1 Å². The molecule has 104 valence electrons. The quantitative estimate of drug-likeness (QED) is 0.789. The minimum Gasteiger partial charge on any atom is -0.247 e. The Balaban J connectivity index is 2.77. The summed E-state index contributed by atoms with van der Waals surface area (Å²) >= 11 is 0. The molecule has 2 rings (SSSR count). The Morgan fingerprint density at radius 3 is 2.42 bits per heavy atom. The third-order valence-electron chi connectivity index (χ3n) is 2.82. The Bertz CT molecular complexity index is 592. The zero-order valence-corrected chi connectivity index (χ0v) is 10.5. The Morgan fingerprint density at radius 1 is 1.21 bits per heavy atom. The van der Waals surface area contributed by atoms with Gasteiger partial charge in [-0.25, -0.2) is 27.2 Å². The summed E-state index contributed by atoms with van der Waals surface area (Å²) in [6.45, 7) is 3.91. The zero-order chi connectivity index (χ0) is 14.2. The maximum atomic E-state index is 13.0. The lowest BCUT2D eigenvalue weighted by Crippen LogP contribution is -2.03. The Hall–Kier alpha value is -1.66. The molecule has 0 saturated carbocycles. The van der Waals surface area contributed by atoms with E-state index in [-0.39, 0.29) is 11.0 Å². The van der Waals surface area contributed by atoms with Gasteiger partial charge in [-0.15, -0.1) is 0 Å². The lowest BCUT2D eigenvalue weighted by molar-refractivity contribution is 0.141. The highest BCUT2D eigenvalue weighted by molar-refractivity contribution is 5.82. The van der Waals surface area contributed by atoms with Crippen LogP contribution in [0.25, 0.3) is 11.0 Å². The Morgan fingerprint density at radius 2 is 1.89 bits per heavy atom. The molecule has 0 unspecified atom stereocenters. The van der Waals surface area contributed by atoms with Crippen molar-refractivity contribution in [1.82, 2.24) is 14.8 Å². The van der Waals surface area contributed by atoms with E-state index in [4.69, 9.17) is 0 Å². The normalized spacial score (nSPS) is 12.0. The number of halogens is 4. The van der Waals surface area contributed by atoms with E-state index < -0.39 is 24.1 Å². The number of aryl methyl sites for hydroxylation is 2. The SMILES string of the molecule is CCCn1nc(C)c2c(C(F)F)cc(C(F)F)nc21. The average Bonchev–Trinajstić information content (AvgIpc) is 2.66. The number of hydrogen-bond donors (Lipinski definition) is 0. The van der Waals surface area contributed by atoms with Crippen LogP contribution in [0, 0.1) is 6.92 Å². The van der Waals surface area contributed by atoms with Crippen molar-refractivity contribution < 1.29 is 17.6 Å². The highest BCUT2D eigenvalue weighted by Crippen LogP contribution is 2.32. The van der Waals surface area contributed by atoms with Gasteiger partial charge in [-0.2, -0.15) is 5.10 Å². The average molecular weight is 275 g/mol. The minimum absolute atomic E-state index is 0.104. The molecule has 3 nitrogen and oxygen atoms in total. The number of alkyl halides is 4. The molecule has 2 aromatic rings. The van der Waals surface area contributed by atoms with Crippen molar-refractivity contribution in [3.05, 3.63) is 23.0 Å². The van der Waals surface area contributed by atoms with Crippen LogP contribution in [0.2, 0.25) is 0 Å². The van der Waals surface area contributed by atoms with Crippen molar-refractivity contribution in [3.8, 4) is 0 Å². The smallest absolute Gasteiger partial charge is 0.247 e. The molecule has 2 aromatic heterocycles. The topological polar surface area (TPSA) is 30.7 Å². The van der Waals surface area contributed by atoms with Crippen LogP contribution in [0.3, 0.4) is 0 Å². The molecule has 0 aliphatic carbocycles. The Kier molecular flexibility index (Phi) is 3.73. The van der Waals surface area contributed by atoms with E-state index in [0.29, 0.717) is 18.7 Å². The molecule has 0 aliphatic rings. The van der Waals surface area contributed by atoms with Crippen LogP contribution in [-0.4, -0.2) is 14.8 Å². The van der Waals surface area contributed by atoms with E-state index in [0.717, 1.165) is 6.07 Å². The minimum atomic E-state index is -2.88.